The van der Waals surface area contributed by atoms with E-state index in [1.807, 2.05) is 31.2 Å². The van der Waals surface area contributed by atoms with Crippen molar-refractivity contribution in [1.82, 2.24) is 14.9 Å². The van der Waals surface area contributed by atoms with Crippen LogP contribution in [0.1, 0.15) is 45.5 Å². The van der Waals surface area contributed by atoms with Gasteiger partial charge in [-0.1, -0.05) is 25.5 Å². The smallest absolute Gasteiger partial charge is 0.261 e. The van der Waals surface area contributed by atoms with Crippen LogP contribution in [0.2, 0.25) is 0 Å². The predicted molar refractivity (Wildman–Crippen MR) is 83.0 cm³/mol. The lowest BCUT2D eigenvalue weighted by Crippen LogP contribution is -2.31. The maximum Gasteiger partial charge on any atom is 0.261 e. The van der Waals surface area contributed by atoms with Crippen molar-refractivity contribution < 1.29 is 0 Å². The molecule has 2 aromatic rings. The summed E-state index contributed by atoms with van der Waals surface area (Å²) in [5.41, 5.74) is 0.832. The number of para-hydroxylation sites is 1. The molecule has 2 rings (SSSR count). The zero-order valence-electron chi connectivity index (χ0n) is 12.5. The Hall–Kier alpha value is -1.68. The number of hydrogen-bond acceptors (Lipinski definition) is 3. The molecule has 0 aliphatic heterocycles. The van der Waals surface area contributed by atoms with E-state index in [-0.39, 0.29) is 11.6 Å². The summed E-state index contributed by atoms with van der Waals surface area (Å²) in [5.74, 6) is 0.826. The van der Waals surface area contributed by atoms with Crippen molar-refractivity contribution in [3.63, 3.8) is 0 Å². The summed E-state index contributed by atoms with van der Waals surface area (Å²) in [5, 5.41) is 4.14. The molecule has 0 radical (unpaired) electrons. The van der Waals surface area contributed by atoms with Crippen molar-refractivity contribution in [2.24, 2.45) is 0 Å². The van der Waals surface area contributed by atoms with Gasteiger partial charge in [-0.3, -0.25) is 9.36 Å². The van der Waals surface area contributed by atoms with Crippen molar-refractivity contribution in [2.75, 3.05) is 6.54 Å². The van der Waals surface area contributed by atoms with E-state index in [1.54, 1.807) is 4.57 Å². The quantitative estimate of drug-likeness (QED) is 0.823. The molecular weight excluding hydrogens is 250 g/mol. The second-order valence-corrected chi connectivity index (χ2v) is 5.07. The molecule has 0 bridgehead atoms. The fourth-order valence-electron chi connectivity index (χ4n) is 2.41. The lowest BCUT2D eigenvalue weighted by Gasteiger charge is -2.18. The summed E-state index contributed by atoms with van der Waals surface area (Å²) >= 11 is 0. The molecule has 1 aromatic heterocycles. The van der Waals surface area contributed by atoms with Gasteiger partial charge in [0.15, 0.2) is 0 Å². The number of hydrogen-bond donors (Lipinski definition) is 1. The Bertz CT molecular complexity index is 633. The first-order valence-corrected chi connectivity index (χ1v) is 7.41. The van der Waals surface area contributed by atoms with Gasteiger partial charge in [0, 0.05) is 6.54 Å². The third-order valence-corrected chi connectivity index (χ3v) is 3.58. The lowest BCUT2D eigenvalue weighted by atomic mass is 10.2. The third kappa shape index (κ3) is 2.90. The Morgan fingerprint density at radius 2 is 2.05 bits per heavy atom. The van der Waals surface area contributed by atoms with Crippen LogP contribution in [0.15, 0.2) is 29.1 Å². The van der Waals surface area contributed by atoms with Crippen LogP contribution in [0.3, 0.4) is 0 Å². The molecular formula is C16H23N3O. The van der Waals surface area contributed by atoms with Gasteiger partial charge in [0.2, 0.25) is 0 Å². The van der Waals surface area contributed by atoms with Gasteiger partial charge in [-0.05, 0) is 38.9 Å². The molecule has 0 fully saturated rings. The van der Waals surface area contributed by atoms with Crippen LogP contribution in [0, 0.1) is 0 Å². The van der Waals surface area contributed by atoms with Crippen LogP contribution < -0.4 is 10.9 Å². The molecule has 4 nitrogen and oxygen atoms in total. The normalized spacial score (nSPS) is 12.8. The lowest BCUT2D eigenvalue weighted by molar-refractivity contribution is 0.497. The van der Waals surface area contributed by atoms with E-state index in [4.69, 9.17) is 0 Å². The standard InChI is InChI=1S/C16H23N3O/c1-4-6-11-17-12(3)15-18-14-10-8-7-9-13(14)16(20)19(15)5-2/h7-10,12,17H,4-6,11H2,1-3H3/t12-/m0/s1. The van der Waals surface area contributed by atoms with E-state index in [0.717, 1.165) is 30.7 Å². The van der Waals surface area contributed by atoms with E-state index in [1.165, 1.54) is 0 Å². The van der Waals surface area contributed by atoms with E-state index in [0.29, 0.717) is 11.9 Å². The summed E-state index contributed by atoms with van der Waals surface area (Å²) in [6, 6.07) is 7.63. The van der Waals surface area contributed by atoms with E-state index >= 15 is 0 Å². The molecule has 0 saturated heterocycles. The number of nitrogens with one attached hydrogen (secondary N) is 1. The first-order valence-electron chi connectivity index (χ1n) is 7.41. The van der Waals surface area contributed by atoms with Gasteiger partial charge in [-0.2, -0.15) is 0 Å². The van der Waals surface area contributed by atoms with Crippen LogP contribution in [0.5, 0.6) is 0 Å². The Labute approximate surface area is 119 Å². The van der Waals surface area contributed by atoms with Crippen LogP contribution in [0.25, 0.3) is 10.9 Å². The molecule has 0 unspecified atom stereocenters. The second-order valence-electron chi connectivity index (χ2n) is 5.07. The first-order chi connectivity index (χ1) is 9.69. The summed E-state index contributed by atoms with van der Waals surface area (Å²) in [7, 11) is 0. The summed E-state index contributed by atoms with van der Waals surface area (Å²) in [6.07, 6.45) is 2.29. The summed E-state index contributed by atoms with van der Waals surface area (Å²) in [4.78, 5) is 17.2. The van der Waals surface area contributed by atoms with Crippen molar-refractivity contribution in [1.29, 1.82) is 0 Å². The number of nitrogens with zero attached hydrogens (tertiary/aromatic N) is 2. The highest BCUT2D eigenvalue weighted by Gasteiger charge is 2.14. The minimum atomic E-state index is 0.0530. The van der Waals surface area contributed by atoms with Crippen molar-refractivity contribution >= 4 is 10.9 Å². The zero-order chi connectivity index (χ0) is 14.5. The first kappa shape index (κ1) is 14.7. The van der Waals surface area contributed by atoms with Gasteiger partial charge >= 0.3 is 0 Å². The Morgan fingerprint density at radius 3 is 2.75 bits per heavy atom. The summed E-state index contributed by atoms with van der Waals surface area (Å²) in [6.45, 7) is 7.82. The average molecular weight is 273 g/mol. The topological polar surface area (TPSA) is 46.9 Å². The molecule has 0 amide bonds. The maximum absolute atomic E-state index is 12.5. The molecule has 1 atom stereocenters. The molecule has 0 aliphatic rings. The number of rotatable bonds is 6. The van der Waals surface area contributed by atoms with Crippen LogP contribution >= 0.6 is 0 Å². The number of benzene rings is 1. The highest BCUT2D eigenvalue weighted by Crippen LogP contribution is 2.13. The Morgan fingerprint density at radius 1 is 1.30 bits per heavy atom. The Kier molecular flexibility index (Phi) is 4.90. The van der Waals surface area contributed by atoms with Crippen molar-refractivity contribution in [3.05, 3.63) is 40.4 Å². The number of unbranched alkanes of at least 4 members (excludes halogenated alkanes) is 1. The minimum absolute atomic E-state index is 0.0530. The van der Waals surface area contributed by atoms with Crippen LogP contribution in [-0.2, 0) is 6.54 Å². The monoisotopic (exact) mass is 273 g/mol. The zero-order valence-corrected chi connectivity index (χ0v) is 12.5. The van der Waals surface area contributed by atoms with Gasteiger partial charge in [0.1, 0.15) is 5.82 Å². The molecule has 108 valence electrons. The second kappa shape index (κ2) is 6.66. The fourth-order valence-corrected chi connectivity index (χ4v) is 2.41. The van der Waals surface area contributed by atoms with Gasteiger partial charge in [-0.15, -0.1) is 0 Å². The highest BCUT2D eigenvalue weighted by molar-refractivity contribution is 5.77. The molecule has 1 heterocycles. The van der Waals surface area contributed by atoms with Gasteiger partial charge in [0.05, 0.1) is 16.9 Å². The summed E-state index contributed by atoms with van der Waals surface area (Å²) < 4.78 is 1.77. The van der Waals surface area contributed by atoms with Crippen molar-refractivity contribution in [3.8, 4) is 0 Å². The van der Waals surface area contributed by atoms with Gasteiger partial charge in [-0.25, -0.2) is 4.98 Å². The molecule has 1 aromatic carbocycles. The van der Waals surface area contributed by atoms with Crippen molar-refractivity contribution in [2.45, 2.75) is 46.2 Å². The molecule has 0 aliphatic carbocycles. The fraction of sp³-hybridized carbons (Fsp3) is 0.500. The molecule has 1 N–H and O–H groups in total. The Balaban J connectivity index is 2.43. The van der Waals surface area contributed by atoms with Crippen LogP contribution in [0.4, 0.5) is 0 Å². The number of aromatic nitrogens is 2. The van der Waals surface area contributed by atoms with Crippen LogP contribution in [-0.4, -0.2) is 16.1 Å². The molecule has 0 saturated carbocycles. The minimum Gasteiger partial charge on any atom is -0.308 e. The van der Waals surface area contributed by atoms with E-state index in [9.17, 15) is 4.79 Å². The third-order valence-electron chi connectivity index (χ3n) is 3.58. The highest BCUT2D eigenvalue weighted by atomic mass is 16.1. The number of fused-ring (bicyclic) bond motifs is 1. The van der Waals surface area contributed by atoms with E-state index in [2.05, 4.69) is 24.1 Å². The predicted octanol–water partition coefficient (Wildman–Crippen LogP) is 2.87. The largest absolute Gasteiger partial charge is 0.308 e. The SMILES string of the molecule is CCCCN[C@@H](C)c1nc2ccccc2c(=O)n1CC. The maximum atomic E-state index is 12.5. The molecule has 4 heteroatoms. The van der Waals surface area contributed by atoms with Gasteiger partial charge in [0.25, 0.3) is 5.56 Å². The van der Waals surface area contributed by atoms with E-state index < -0.39 is 0 Å². The average Bonchev–Trinajstić information content (AvgIpc) is 2.47. The van der Waals surface area contributed by atoms with Gasteiger partial charge < -0.3 is 5.32 Å². The molecule has 0 spiro atoms. The molecule has 20 heavy (non-hydrogen) atoms.